The maximum atomic E-state index is 10.9. The molecule has 0 heterocycles. The number of nitrogens with one attached hydrogen (secondary N) is 1. The molecule has 0 aliphatic rings. The molecular formula is C7H16N2O2. The van der Waals surface area contributed by atoms with Crippen LogP contribution in [-0.4, -0.2) is 31.7 Å². The number of amides is 1. The standard InChI is InChI=1S/C7H16N2O2/c1-5(11-3)4-9-7(10)6(2)8/h5-6H,4,8H2,1-3H3,(H,9,10)/t5?,6-/m1/s1. The molecule has 0 rings (SSSR count). The second-order valence-electron chi connectivity index (χ2n) is 2.58. The molecule has 4 heteroatoms. The summed E-state index contributed by atoms with van der Waals surface area (Å²) in [5.74, 6) is -0.145. The lowest BCUT2D eigenvalue weighted by atomic mass is 10.3. The van der Waals surface area contributed by atoms with Crippen molar-refractivity contribution in [3.05, 3.63) is 0 Å². The van der Waals surface area contributed by atoms with Gasteiger partial charge in [-0.15, -0.1) is 0 Å². The molecular weight excluding hydrogens is 144 g/mol. The van der Waals surface area contributed by atoms with E-state index in [1.54, 1.807) is 14.0 Å². The van der Waals surface area contributed by atoms with E-state index < -0.39 is 6.04 Å². The smallest absolute Gasteiger partial charge is 0.236 e. The van der Waals surface area contributed by atoms with Crippen LogP contribution in [0.15, 0.2) is 0 Å². The minimum absolute atomic E-state index is 0.0395. The zero-order valence-electron chi connectivity index (χ0n) is 7.26. The highest BCUT2D eigenvalue weighted by Crippen LogP contribution is 1.84. The van der Waals surface area contributed by atoms with Crippen LogP contribution in [0.25, 0.3) is 0 Å². The number of carbonyl (C=O) groups is 1. The van der Waals surface area contributed by atoms with Crippen molar-refractivity contribution in [2.75, 3.05) is 13.7 Å². The monoisotopic (exact) mass is 160 g/mol. The van der Waals surface area contributed by atoms with Gasteiger partial charge in [-0.2, -0.15) is 0 Å². The fraction of sp³-hybridized carbons (Fsp3) is 0.857. The van der Waals surface area contributed by atoms with Crippen LogP contribution in [0, 0.1) is 0 Å². The second-order valence-corrected chi connectivity index (χ2v) is 2.58. The number of nitrogens with two attached hydrogens (primary N) is 1. The van der Waals surface area contributed by atoms with Gasteiger partial charge >= 0.3 is 0 Å². The molecule has 3 N–H and O–H groups in total. The Labute approximate surface area is 67.1 Å². The first-order chi connectivity index (χ1) is 5.07. The lowest BCUT2D eigenvalue weighted by molar-refractivity contribution is -0.122. The Morgan fingerprint density at radius 1 is 1.64 bits per heavy atom. The summed E-state index contributed by atoms with van der Waals surface area (Å²) in [6.45, 7) is 4.03. The van der Waals surface area contributed by atoms with Crippen LogP contribution in [0.1, 0.15) is 13.8 Å². The van der Waals surface area contributed by atoms with Crippen molar-refractivity contribution < 1.29 is 9.53 Å². The van der Waals surface area contributed by atoms with Crippen molar-refractivity contribution >= 4 is 5.91 Å². The fourth-order valence-corrected chi connectivity index (χ4v) is 0.489. The number of rotatable bonds is 4. The van der Waals surface area contributed by atoms with Gasteiger partial charge in [0.2, 0.25) is 5.91 Å². The molecule has 0 aromatic carbocycles. The molecule has 2 atom stereocenters. The van der Waals surface area contributed by atoms with E-state index in [1.807, 2.05) is 6.92 Å². The predicted octanol–water partition coefficient (Wildman–Crippen LogP) is -0.515. The van der Waals surface area contributed by atoms with Gasteiger partial charge in [-0.3, -0.25) is 4.79 Å². The van der Waals surface area contributed by atoms with Crippen LogP contribution < -0.4 is 11.1 Å². The number of hydrogen-bond acceptors (Lipinski definition) is 3. The Morgan fingerprint density at radius 3 is 2.55 bits per heavy atom. The Hall–Kier alpha value is -0.610. The first kappa shape index (κ1) is 10.4. The zero-order chi connectivity index (χ0) is 8.85. The molecule has 0 spiro atoms. The van der Waals surface area contributed by atoms with E-state index in [1.165, 1.54) is 0 Å². The molecule has 0 saturated carbocycles. The molecule has 0 fully saturated rings. The van der Waals surface area contributed by atoms with Gasteiger partial charge < -0.3 is 15.8 Å². The third kappa shape index (κ3) is 4.75. The average molecular weight is 160 g/mol. The highest BCUT2D eigenvalue weighted by molar-refractivity contribution is 5.80. The first-order valence-corrected chi connectivity index (χ1v) is 3.64. The maximum Gasteiger partial charge on any atom is 0.236 e. The van der Waals surface area contributed by atoms with Crippen molar-refractivity contribution in [3.8, 4) is 0 Å². The molecule has 0 saturated heterocycles. The average Bonchev–Trinajstić information content (AvgIpc) is 1.99. The van der Waals surface area contributed by atoms with Gasteiger partial charge in [0.05, 0.1) is 12.1 Å². The fourth-order valence-electron chi connectivity index (χ4n) is 0.489. The zero-order valence-corrected chi connectivity index (χ0v) is 7.26. The normalized spacial score (nSPS) is 15.6. The van der Waals surface area contributed by atoms with Gasteiger partial charge in [0.15, 0.2) is 0 Å². The van der Waals surface area contributed by atoms with E-state index in [2.05, 4.69) is 5.32 Å². The van der Waals surface area contributed by atoms with E-state index in [4.69, 9.17) is 10.5 Å². The Kier molecular flexibility index (Phi) is 4.81. The van der Waals surface area contributed by atoms with Crippen LogP contribution in [0.2, 0.25) is 0 Å². The van der Waals surface area contributed by atoms with E-state index in [0.29, 0.717) is 6.54 Å². The largest absolute Gasteiger partial charge is 0.380 e. The van der Waals surface area contributed by atoms with Crippen molar-refractivity contribution in [3.63, 3.8) is 0 Å². The maximum absolute atomic E-state index is 10.9. The van der Waals surface area contributed by atoms with Crippen molar-refractivity contribution in [2.45, 2.75) is 26.0 Å². The molecule has 1 amide bonds. The van der Waals surface area contributed by atoms with Gasteiger partial charge in [0, 0.05) is 13.7 Å². The van der Waals surface area contributed by atoms with Crippen LogP contribution >= 0.6 is 0 Å². The summed E-state index contributed by atoms with van der Waals surface area (Å²) >= 11 is 0. The first-order valence-electron chi connectivity index (χ1n) is 3.64. The summed E-state index contributed by atoms with van der Waals surface area (Å²) in [6.07, 6.45) is 0.0395. The van der Waals surface area contributed by atoms with Crippen LogP contribution in [0.4, 0.5) is 0 Å². The topological polar surface area (TPSA) is 64.3 Å². The van der Waals surface area contributed by atoms with E-state index >= 15 is 0 Å². The van der Waals surface area contributed by atoms with Gasteiger partial charge in [-0.25, -0.2) is 0 Å². The molecule has 0 aliphatic carbocycles. The summed E-state index contributed by atoms with van der Waals surface area (Å²) in [6, 6.07) is -0.445. The van der Waals surface area contributed by atoms with Crippen molar-refractivity contribution in [1.29, 1.82) is 0 Å². The van der Waals surface area contributed by atoms with E-state index in [-0.39, 0.29) is 12.0 Å². The Bertz CT molecular complexity index is 126. The van der Waals surface area contributed by atoms with E-state index in [9.17, 15) is 4.79 Å². The molecule has 11 heavy (non-hydrogen) atoms. The molecule has 0 aromatic rings. The minimum Gasteiger partial charge on any atom is -0.380 e. The lowest BCUT2D eigenvalue weighted by Crippen LogP contribution is -2.41. The Balaban J connectivity index is 3.46. The van der Waals surface area contributed by atoms with E-state index in [0.717, 1.165) is 0 Å². The third-order valence-electron chi connectivity index (χ3n) is 1.38. The predicted molar refractivity (Wildman–Crippen MR) is 43.1 cm³/mol. The lowest BCUT2D eigenvalue weighted by Gasteiger charge is -2.11. The summed E-state index contributed by atoms with van der Waals surface area (Å²) in [5.41, 5.74) is 5.31. The van der Waals surface area contributed by atoms with Gasteiger partial charge in [-0.05, 0) is 13.8 Å². The highest BCUT2D eigenvalue weighted by Gasteiger charge is 2.07. The van der Waals surface area contributed by atoms with Crippen LogP contribution in [-0.2, 0) is 9.53 Å². The summed E-state index contributed by atoms with van der Waals surface area (Å²) in [4.78, 5) is 10.9. The minimum atomic E-state index is -0.445. The molecule has 0 aromatic heterocycles. The highest BCUT2D eigenvalue weighted by atomic mass is 16.5. The van der Waals surface area contributed by atoms with Gasteiger partial charge in [-0.1, -0.05) is 0 Å². The number of methoxy groups -OCH3 is 1. The second kappa shape index (κ2) is 5.09. The van der Waals surface area contributed by atoms with Gasteiger partial charge in [0.1, 0.15) is 0 Å². The molecule has 4 nitrogen and oxygen atoms in total. The van der Waals surface area contributed by atoms with Crippen LogP contribution in [0.3, 0.4) is 0 Å². The quantitative estimate of drug-likeness (QED) is 0.582. The number of hydrogen-bond donors (Lipinski definition) is 2. The van der Waals surface area contributed by atoms with Crippen molar-refractivity contribution in [2.24, 2.45) is 5.73 Å². The molecule has 0 aliphatic heterocycles. The van der Waals surface area contributed by atoms with Gasteiger partial charge in [0.25, 0.3) is 0 Å². The molecule has 66 valence electrons. The Morgan fingerprint density at radius 2 is 2.18 bits per heavy atom. The summed E-state index contributed by atoms with van der Waals surface area (Å²) in [7, 11) is 1.60. The number of ether oxygens (including phenoxy) is 1. The molecule has 1 unspecified atom stereocenters. The van der Waals surface area contributed by atoms with Crippen LogP contribution in [0.5, 0.6) is 0 Å². The summed E-state index contributed by atoms with van der Waals surface area (Å²) in [5, 5.41) is 2.64. The summed E-state index contributed by atoms with van der Waals surface area (Å²) < 4.78 is 4.92. The number of carbonyl (C=O) groups excluding carboxylic acids is 1. The third-order valence-corrected chi connectivity index (χ3v) is 1.38. The molecule has 0 bridgehead atoms. The SMILES string of the molecule is COC(C)CNC(=O)[C@@H](C)N. The van der Waals surface area contributed by atoms with Crippen molar-refractivity contribution in [1.82, 2.24) is 5.32 Å². The molecule has 0 radical (unpaired) electrons.